The van der Waals surface area contributed by atoms with Crippen molar-refractivity contribution in [2.45, 2.75) is 43.4 Å². The molecule has 0 aliphatic heterocycles. The van der Waals surface area contributed by atoms with Gasteiger partial charge in [-0.05, 0) is 38.4 Å². The minimum atomic E-state index is -0.824. The lowest BCUT2D eigenvalue weighted by molar-refractivity contribution is -0.133. The first kappa shape index (κ1) is 17.9. The minimum Gasteiger partial charge on any atom is -0.481 e. The van der Waals surface area contributed by atoms with Crippen LogP contribution in [0.5, 0.6) is 0 Å². The minimum absolute atomic E-state index is 0.0245. The molecule has 1 fully saturated rings. The van der Waals surface area contributed by atoms with Crippen molar-refractivity contribution in [3.63, 3.8) is 0 Å². The summed E-state index contributed by atoms with van der Waals surface area (Å²) in [4.78, 5) is 13.1. The monoisotopic (exact) mass is 360 g/mol. The second-order valence-electron chi connectivity index (χ2n) is 6.53. The van der Waals surface area contributed by atoms with Gasteiger partial charge in [0.05, 0.1) is 5.75 Å². The molecule has 1 N–H and O–H groups in total. The van der Waals surface area contributed by atoms with Gasteiger partial charge in [-0.2, -0.15) is 0 Å². The third kappa shape index (κ3) is 5.31. The predicted molar refractivity (Wildman–Crippen MR) is 97.7 cm³/mol. The van der Waals surface area contributed by atoms with Crippen LogP contribution in [0.25, 0.3) is 0 Å². The molecule has 0 radical (unpaired) electrons. The molecule has 0 amide bonds. The van der Waals surface area contributed by atoms with E-state index in [-0.39, 0.29) is 5.75 Å². The maximum atomic E-state index is 10.8. The lowest BCUT2D eigenvalue weighted by atomic mass is 10.2. The number of aliphatic carboxylic acids is 1. The molecule has 1 aromatic carbocycles. The summed E-state index contributed by atoms with van der Waals surface area (Å²) in [5.74, 6) is 0.735. The Kier molecular flexibility index (Phi) is 6.09. The Morgan fingerprint density at radius 2 is 2.08 bits per heavy atom. The molecule has 0 unspecified atom stereocenters. The van der Waals surface area contributed by atoms with Gasteiger partial charge in [0.15, 0.2) is 5.16 Å². The van der Waals surface area contributed by atoms with Gasteiger partial charge in [-0.25, -0.2) is 0 Å². The topological polar surface area (TPSA) is 71.2 Å². The molecule has 1 heterocycles. The van der Waals surface area contributed by atoms with Gasteiger partial charge in [0.2, 0.25) is 0 Å². The summed E-state index contributed by atoms with van der Waals surface area (Å²) < 4.78 is 2.13. The fraction of sp³-hybridized carbons (Fsp3) is 0.500. The van der Waals surface area contributed by atoms with Crippen molar-refractivity contribution in [3.05, 3.63) is 41.7 Å². The van der Waals surface area contributed by atoms with Gasteiger partial charge in [0, 0.05) is 19.0 Å². The molecule has 25 heavy (non-hydrogen) atoms. The quantitative estimate of drug-likeness (QED) is 0.657. The molecule has 7 heteroatoms. The summed E-state index contributed by atoms with van der Waals surface area (Å²) in [6.07, 6.45) is 3.31. The van der Waals surface area contributed by atoms with Gasteiger partial charge >= 0.3 is 5.97 Å². The largest absolute Gasteiger partial charge is 0.481 e. The van der Waals surface area contributed by atoms with Crippen molar-refractivity contribution in [1.29, 1.82) is 0 Å². The first-order valence-electron chi connectivity index (χ1n) is 8.63. The molecule has 0 bridgehead atoms. The Labute approximate surface area is 152 Å². The lowest BCUT2D eigenvalue weighted by Gasteiger charge is -2.17. The molecule has 1 aliphatic rings. The van der Waals surface area contributed by atoms with E-state index in [1.807, 2.05) is 6.07 Å². The molecular formula is C18H24N4O2S. The van der Waals surface area contributed by atoms with Gasteiger partial charge in [0.1, 0.15) is 5.82 Å². The molecule has 3 rings (SSSR count). The first-order chi connectivity index (χ1) is 12.1. The normalized spacial score (nSPS) is 14.2. The number of nitrogens with zero attached hydrogens (tertiary/aromatic N) is 4. The van der Waals surface area contributed by atoms with Crippen LogP contribution in [-0.4, -0.2) is 50.1 Å². The van der Waals surface area contributed by atoms with E-state index < -0.39 is 5.97 Å². The summed E-state index contributed by atoms with van der Waals surface area (Å²) in [5, 5.41) is 18.2. The third-order valence-corrected chi connectivity index (χ3v) is 5.18. The van der Waals surface area contributed by atoms with Crippen LogP contribution in [0.1, 0.15) is 36.6 Å². The van der Waals surface area contributed by atoms with E-state index in [1.54, 1.807) is 0 Å². The summed E-state index contributed by atoms with van der Waals surface area (Å²) >= 11 is 1.26. The fourth-order valence-electron chi connectivity index (χ4n) is 2.86. The lowest BCUT2D eigenvalue weighted by Crippen LogP contribution is -2.21. The van der Waals surface area contributed by atoms with Crippen LogP contribution >= 0.6 is 11.8 Å². The zero-order chi connectivity index (χ0) is 17.6. The summed E-state index contributed by atoms with van der Waals surface area (Å²) in [7, 11) is 2.13. The summed E-state index contributed by atoms with van der Waals surface area (Å²) in [6, 6.07) is 10.4. The SMILES string of the molecule is CN(CCCn1c(SCC(=O)O)nnc1C1CC1)Cc1ccccc1. The van der Waals surface area contributed by atoms with Crippen molar-refractivity contribution in [1.82, 2.24) is 19.7 Å². The number of carboxylic acid groups (broad SMARTS) is 1. The number of hydrogen-bond donors (Lipinski definition) is 1. The van der Waals surface area contributed by atoms with Crippen LogP contribution in [0.3, 0.4) is 0 Å². The van der Waals surface area contributed by atoms with Crippen LogP contribution < -0.4 is 0 Å². The Morgan fingerprint density at radius 1 is 1.32 bits per heavy atom. The van der Waals surface area contributed by atoms with E-state index in [2.05, 4.69) is 51.0 Å². The van der Waals surface area contributed by atoms with Crippen molar-refractivity contribution in [2.24, 2.45) is 0 Å². The number of hydrogen-bond acceptors (Lipinski definition) is 5. The Hall–Kier alpha value is -1.86. The van der Waals surface area contributed by atoms with E-state index in [9.17, 15) is 4.79 Å². The smallest absolute Gasteiger partial charge is 0.313 e. The van der Waals surface area contributed by atoms with Crippen molar-refractivity contribution < 1.29 is 9.90 Å². The van der Waals surface area contributed by atoms with E-state index in [4.69, 9.17) is 5.11 Å². The Bertz CT molecular complexity index is 700. The van der Waals surface area contributed by atoms with Crippen LogP contribution in [0.15, 0.2) is 35.5 Å². The van der Waals surface area contributed by atoms with Gasteiger partial charge in [-0.3, -0.25) is 4.79 Å². The highest BCUT2D eigenvalue weighted by Crippen LogP contribution is 2.40. The number of benzene rings is 1. The van der Waals surface area contributed by atoms with Crippen LogP contribution in [-0.2, 0) is 17.9 Å². The van der Waals surface area contributed by atoms with Crippen molar-refractivity contribution in [2.75, 3.05) is 19.3 Å². The molecule has 0 atom stereocenters. The standard InChI is InChI=1S/C18H24N4O2S/c1-21(12-14-6-3-2-4-7-14)10-5-11-22-17(15-8-9-15)19-20-18(22)25-13-16(23)24/h2-4,6-7,15H,5,8-13H2,1H3,(H,23,24). The maximum absolute atomic E-state index is 10.8. The number of aromatic nitrogens is 3. The van der Waals surface area contributed by atoms with Crippen molar-refractivity contribution >= 4 is 17.7 Å². The molecular weight excluding hydrogens is 336 g/mol. The van der Waals surface area contributed by atoms with Gasteiger partial charge in [0.25, 0.3) is 0 Å². The second kappa shape index (κ2) is 8.49. The van der Waals surface area contributed by atoms with Crippen LogP contribution in [0.4, 0.5) is 0 Å². The number of carboxylic acids is 1. The average Bonchev–Trinajstić information content (AvgIpc) is 3.35. The molecule has 0 spiro atoms. The van der Waals surface area contributed by atoms with Gasteiger partial charge in [-0.15, -0.1) is 10.2 Å². The second-order valence-corrected chi connectivity index (χ2v) is 7.47. The highest BCUT2D eigenvalue weighted by atomic mass is 32.2. The zero-order valence-electron chi connectivity index (χ0n) is 14.5. The van der Waals surface area contributed by atoms with Crippen molar-refractivity contribution in [3.8, 4) is 0 Å². The highest BCUT2D eigenvalue weighted by Gasteiger charge is 2.30. The molecule has 2 aromatic rings. The molecule has 6 nitrogen and oxygen atoms in total. The molecule has 1 aromatic heterocycles. The van der Waals surface area contributed by atoms with Crippen LogP contribution in [0.2, 0.25) is 0 Å². The van der Waals surface area contributed by atoms with Crippen LogP contribution in [0, 0.1) is 0 Å². The molecule has 0 saturated heterocycles. The van der Waals surface area contributed by atoms with Gasteiger partial charge in [-0.1, -0.05) is 42.1 Å². The predicted octanol–water partition coefficient (Wildman–Crippen LogP) is 2.85. The molecule has 134 valence electrons. The average molecular weight is 360 g/mol. The zero-order valence-corrected chi connectivity index (χ0v) is 15.3. The van der Waals surface area contributed by atoms with Gasteiger partial charge < -0.3 is 14.6 Å². The first-order valence-corrected chi connectivity index (χ1v) is 9.62. The van der Waals surface area contributed by atoms with E-state index in [1.165, 1.54) is 17.3 Å². The summed E-state index contributed by atoms with van der Waals surface area (Å²) in [6.45, 7) is 2.74. The molecule has 1 saturated carbocycles. The fourth-order valence-corrected chi connectivity index (χ4v) is 3.55. The Balaban J connectivity index is 1.54. The van der Waals surface area contributed by atoms with E-state index in [0.29, 0.717) is 5.92 Å². The Morgan fingerprint density at radius 3 is 2.76 bits per heavy atom. The van der Waals surface area contributed by atoms with E-state index >= 15 is 0 Å². The number of rotatable bonds is 10. The molecule has 1 aliphatic carbocycles. The number of carbonyl (C=O) groups is 1. The highest BCUT2D eigenvalue weighted by molar-refractivity contribution is 7.99. The third-order valence-electron chi connectivity index (χ3n) is 4.23. The van der Waals surface area contributed by atoms with E-state index in [0.717, 1.165) is 49.9 Å². The maximum Gasteiger partial charge on any atom is 0.313 e. The summed E-state index contributed by atoms with van der Waals surface area (Å²) in [5.41, 5.74) is 1.31. The number of thioether (sulfide) groups is 1.